The van der Waals surface area contributed by atoms with Crippen molar-refractivity contribution >= 4 is 28.9 Å². The van der Waals surface area contributed by atoms with Gasteiger partial charge in [0.15, 0.2) is 6.61 Å². The van der Waals surface area contributed by atoms with Crippen LogP contribution in [0.25, 0.3) is 11.0 Å². The van der Waals surface area contributed by atoms with Crippen molar-refractivity contribution < 1.29 is 19.1 Å². The van der Waals surface area contributed by atoms with Gasteiger partial charge in [0.2, 0.25) is 11.8 Å². The number of rotatable bonds is 2. The van der Waals surface area contributed by atoms with E-state index in [9.17, 15) is 19.2 Å². The Kier molecular flexibility index (Phi) is 5.77. The highest BCUT2D eigenvalue weighted by Crippen LogP contribution is 2.23. The number of nitrogens with one attached hydrogen (secondary N) is 2. The van der Waals surface area contributed by atoms with Crippen LogP contribution in [0.15, 0.2) is 23.0 Å². The molecule has 10 nitrogen and oxygen atoms in total. The molecule has 31 heavy (non-hydrogen) atoms. The van der Waals surface area contributed by atoms with Crippen LogP contribution in [0.2, 0.25) is 0 Å². The fraction of sp³-hybridized carbons (Fsp3) is 0.429. The second-order valence-electron chi connectivity index (χ2n) is 7.48. The molecule has 10 heteroatoms. The predicted molar refractivity (Wildman–Crippen MR) is 111 cm³/mol. The van der Waals surface area contributed by atoms with Gasteiger partial charge >= 0.3 is 11.8 Å². The maximum Gasteiger partial charge on any atom is 0.410 e. The van der Waals surface area contributed by atoms with Crippen molar-refractivity contribution in [3.05, 3.63) is 34.2 Å². The van der Waals surface area contributed by atoms with Crippen molar-refractivity contribution in [2.75, 3.05) is 32.8 Å². The molecule has 0 bridgehead atoms. The number of ether oxygens (including phenoxy) is 1. The summed E-state index contributed by atoms with van der Waals surface area (Å²) in [5, 5.41) is 5.46. The Morgan fingerprint density at radius 1 is 1.19 bits per heavy atom. The molecular formula is C21H23N5O5. The molecule has 0 aliphatic carbocycles. The number of piperazine rings is 1. The second kappa shape index (κ2) is 8.65. The first-order valence-corrected chi connectivity index (χ1v) is 10.1. The number of aryl methyl sites for hydroxylation is 1. The normalized spacial score (nSPS) is 19.0. The molecule has 0 spiro atoms. The molecule has 4 rings (SSSR count). The third-order valence-corrected chi connectivity index (χ3v) is 5.49. The van der Waals surface area contributed by atoms with E-state index in [1.807, 2.05) is 0 Å². The van der Waals surface area contributed by atoms with Gasteiger partial charge in [-0.3, -0.25) is 24.0 Å². The Bertz CT molecular complexity index is 1160. The average Bonchev–Trinajstić information content (AvgIpc) is 3.02. The van der Waals surface area contributed by atoms with Crippen LogP contribution in [0.5, 0.6) is 0 Å². The molecule has 3 amide bonds. The van der Waals surface area contributed by atoms with Crippen molar-refractivity contribution in [2.24, 2.45) is 7.05 Å². The van der Waals surface area contributed by atoms with Crippen molar-refractivity contribution in [3.63, 3.8) is 0 Å². The van der Waals surface area contributed by atoms with Crippen LogP contribution in [0.3, 0.4) is 0 Å². The number of hydrogen-bond donors (Lipinski definition) is 2. The van der Waals surface area contributed by atoms with Crippen LogP contribution in [0.4, 0.5) is 4.79 Å². The molecule has 2 saturated heterocycles. The number of benzene rings is 1. The number of nitrogens with zero attached hydrogens (tertiary/aromatic N) is 3. The van der Waals surface area contributed by atoms with E-state index in [1.165, 1.54) is 9.13 Å². The summed E-state index contributed by atoms with van der Waals surface area (Å²) in [6, 6.07) is 4.51. The molecule has 2 N–H and O–H groups in total. The summed E-state index contributed by atoms with van der Waals surface area (Å²) < 4.78 is 8.07. The molecule has 0 radical (unpaired) electrons. The van der Waals surface area contributed by atoms with Crippen LogP contribution in [0.1, 0.15) is 24.4 Å². The number of amides is 3. The molecule has 2 aliphatic heterocycles. The lowest BCUT2D eigenvalue weighted by atomic mass is 10.1. The monoisotopic (exact) mass is 425 g/mol. The number of hydrogen-bond acceptors (Lipinski definition) is 6. The predicted octanol–water partition coefficient (Wildman–Crippen LogP) is -0.289. The first-order valence-electron chi connectivity index (χ1n) is 10.1. The Hall–Kier alpha value is -3.58. The van der Waals surface area contributed by atoms with Gasteiger partial charge in [0.1, 0.15) is 6.04 Å². The Labute approximate surface area is 178 Å². The largest absolute Gasteiger partial charge is 0.436 e. The molecule has 162 valence electrons. The zero-order valence-corrected chi connectivity index (χ0v) is 17.1. The fourth-order valence-corrected chi connectivity index (χ4v) is 3.85. The van der Waals surface area contributed by atoms with E-state index in [0.717, 1.165) is 13.1 Å². The van der Waals surface area contributed by atoms with Crippen molar-refractivity contribution in [3.8, 4) is 11.8 Å². The van der Waals surface area contributed by atoms with Gasteiger partial charge in [-0.15, -0.1) is 0 Å². The quantitative estimate of drug-likeness (QED) is 0.505. The number of imidazole rings is 1. The number of aromatic nitrogens is 2. The number of carbonyl (C=O) groups excluding carboxylic acids is 3. The lowest BCUT2D eigenvalue weighted by Crippen LogP contribution is -2.46. The Balaban J connectivity index is 1.50. The molecule has 1 aromatic heterocycles. The molecule has 2 aliphatic rings. The maximum absolute atomic E-state index is 12.8. The van der Waals surface area contributed by atoms with Crippen LogP contribution >= 0.6 is 0 Å². The standard InChI is InChI=1S/C21H23N5O5/c1-24-17-13-14(3-2-12-31-21(30)25-10-8-22-9-11-25)4-5-15(17)26(20(24)29)16-6-7-18(27)23-19(16)28/h4-5,13,16,22H,6-12H2,1H3,(H,23,27,28). The highest BCUT2D eigenvalue weighted by Gasteiger charge is 2.31. The number of piperidine rings is 1. The molecule has 3 heterocycles. The maximum atomic E-state index is 12.8. The van der Waals surface area contributed by atoms with Gasteiger partial charge < -0.3 is 15.0 Å². The number of fused-ring (bicyclic) bond motifs is 1. The SMILES string of the molecule is Cn1c(=O)n(C2CCC(=O)NC2=O)c2ccc(C#CCOC(=O)N3CCNCC3)cc21. The van der Waals surface area contributed by atoms with E-state index in [-0.39, 0.29) is 37.1 Å². The molecule has 2 fully saturated rings. The molecule has 0 saturated carbocycles. The summed E-state index contributed by atoms with van der Waals surface area (Å²) in [5.41, 5.74) is 1.54. The second-order valence-corrected chi connectivity index (χ2v) is 7.48. The number of imide groups is 1. The van der Waals surface area contributed by atoms with Gasteiger partial charge in [-0.25, -0.2) is 9.59 Å². The minimum atomic E-state index is -0.727. The molecule has 2 aromatic rings. The molecule has 1 atom stereocenters. The minimum Gasteiger partial charge on any atom is -0.436 e. The van der Waals surface area contributed by atoms with E-state index in [4.69, 9.17) is 4.74 Å². The minimum absolute atomic E-state index is 0.0307. The van der Waals surface area contributed by atoms with Crippen molar-refractivity contribution in [1.82, 2.24) is 24.7 Å². The van der Waals surface area contributed by atoms with E-state index in [0.29, 0.717) is 29.7 Å². The van der Waals surface area contributed by atoms with Gasteiger partial charge in [0, 0.05) is 45.2 Å². The molecular weight excluding hydrogens is 402 g/mol. The lowest BCUT2D eigenvalue weighted by molar-refractivity contribution is -0.135. The van der Waals surface area contributed by atoms with Crippen molar-refractivity contribution in [1.29, 1.82) is 0 Å². The van der Waals surface area contributed by atoms with Crippen LogP contribution in [-0.2, 0) is 21.4 Å². The summed E-state index contributed by atoms with van der Waals surface area (Å²) >= 11 is 0. The first kappa shape index (κ1) is 20.7. The third kappa shape index (κ3) is 4.18. The topological polar surface area (TPSA) is 115 Å². The third-order valence-electron chi connectivity index (χ3n) is 5.49. The smallest absolute Gasteiger partial charge is 0.410 e. The van der Waals surface area contributed by atoms with Crippen molar-refractivity contribution in [2.45, 2.75) is 18.9 Å². The zero-order chi connectivity index (χ0) is 22.0. The molecule has 1 aromatic carbocycles. The zero-order valence-electron chi connectivity index (χ0n) is 17.1. The summed E-state index contributed by atoms with van der Waals surface area (Å²) in [4.78, 5) is 50.1. The van der Waals surface area contributed by atoms with Gasteiger partial charge in [0.05, 0.1) is 11.0 Å². The van der Waals surface area contributed by atoms with Crippen LogP contribution < -0.4 is 16.3 Å². The van der Waals surface area contributed by atoms with E-state index in [1.54, 1.807) is 30.1 Å². The number of carbonyl (C=O) groups is 3. The summed E-state index contributed by atoms with van der Waals surface area (Å²) in [6.07, 6.45) is 0.0917. The van der Waals surface area contributed by atoms with E-state index < -0.39 is 11.9 Å². The Morgan fingerprint density at radius 3 is 2.71 bits per heavy atom. The lowest BCUT2D eigenvalue weighted by Gasteiger charge is -2.26. The van der Waals surface area contributed by atoms with E-state index >= 15 is 0 Å². The van der Waals surface area contributed by atoms with Gasteiger partial charge in [-0.2, -0.15) is 0 Å². The first-order chi connectivity index (χ1) is 15.0. The summed E-state index contributed by atoms with van der Waals surface area (Å²) in [7, 11) is 1.62. The average molecular weight is 425 g/mol. The van der Waals surface area contributed by atoms with Gasteiger partial charge in [0.25, 0.3) is 0 Å². The highest BCUT2D eigenvalue weighted by molar-refractivity contribution is 6.00. The summed E-state index contributed by atoms with van der Waals surface area (Å²) in [6.45, 7) is 2.69. The molecule has 1 unspecified atom stereocenters. The Morgan fingerprint density at radius 2 is 1.97 bits per heavy atom. The van der Waals surface area contributed by atoms with Crippen LogP contribution in [-0.4, -0.2) is 64.7 Å². The van der Waals surface area contributed by atoms with Gasteiger partial charge in [-0.05, 0) is 24.6 Å². The summed E-state index contributed by atoms with van der Waals surface area (Å²) in [5.74, 6) is 4.96. The fourth-order valence-electron chi connectivity index (χ4n) is 3.85. The van der Waals surface area contributed by atoms with Gasteiger partial charge in [-0.1, -0.05) is 11.8 Å². The van der Waals surface area contributed by atoms with E-state index in [2.05, 4.69) is 22.5 Å². The highest BCUT2D eigenvalue weighted by atomic mass is 16.6. The van der Waals surface area contributed by atoms with Crippen LogP contribution in [0, 0.1) is 11.8 Å².